The smallest absolute Gasteiger partial charge is 0.0959 e. The molecule has 21 heavy (non-hydrogen) atoms. The van der Waals surface area contributed by atoms with Crippen LogP contribution in [0.1, 0.15) is 13.8 Å². The fraction of sp³-hybridized carbons (Fsp3) is 0.235. The summed E-state index contributed by atoms with van der Waals surface area (Å²) in [5, 5.41) is 10.7. The van der Waals surface area contributed by atoms with Crippen molar-refractivity contribution in [1.29, 1.82) is 0 Å². The highest BCUT2D eigenvalue weighted by Crippen LogP contribution is 2.26. The van der Waals surface area contributed by atoms with Crippen molar-refractivity contribution in [3.8, 4) is 11.1 Å². The SMILES string of the molecule is CC(C)(O)Cn1cnc2cc(-c3cccc(Cl)c3)ccc21. The molecule has 108 valence electrons. The highest BCUT2D eigenvalue weighted by molar-refractivity contribution is 6.30. The molecular formula is C17H17ClN2O. The van der Waals surface area contributed by atoms with Crippen LogP contribution < -0.4 is 0 Å². The van der Waals surface area contributed by atoms with E-state index in [2.05, 4.69) is 11.1 Å². The minimum atomic E-state index is -0.765. The van der Waals surface area contributed by atoms with E-state index in [1.165, 1.54) is 0 Å². The number of rotatable bonds is 3. The number of hydrogen-bond donors (Lipinski definition) is 1. The molecule has 0 amide bonds. The zero-order valence-electron chi connectivity index (χ0n) is 12.0. The molecule has 0 aliphatic rings. The Bertz CT molecular complexity index is 787. The molecule has 0 unspecified atom stereocenters. The second-order valence-corrected chi connectivity index (χ2v) is 6.34. The number of aliphatic hydroxyl groups is 1. The highest BCUT2D eigenvalue weighted by atomic mass is 35.5. The first kappa shape index (κ1) is 14.1. The Kier molecular flexibility index (Phi) is 3.47. The van der Waals surface area contributed by atoms with Gasteiger partial charge >= 0.3 is 0 Å². The monoisotopic (exact) mass is 300 g/mol. The van der Waals surface area contributed by atoms with Crippen molar-refractivity contribution in [3.05, 3.63) is 53.8 Å². The van der Waals surface area contributed by atoms with Crippen LogP contribution >= 0.6 is 11.6 Å². The van der Waals surface area contributed by atoms with Crippen molar-refractivity contribution < 1.29 is 5.11 Å². The van der Waals surface area contributed by atoms with Crippen LogP contribution in [0.3, 0.4) is 0 Å². The molecule has 3 nitrogen and oxygen atoms in total. The molecule has 3 rings (SSSR count). The fourth-order valence-electron chi connectivity index (χ4n) is 2.45. The number of hydrogen-bond acceptors (Lipinski definition) is 2. The first-order valence-electron chi connectivity index (χ1n) is 6.86. The fourth-order valence-corrected chi connectivity index (χ4v) is 2.64. The van der Waals surface area contributed by atoms with E-state index in [0.717, 1.165) is 27.2 Å². The molecule has 0 fully saturated rings. The Morgan fingerprint density at radius 2 is 1.90 bits per heavy atom. The average molecular weight is 301 g/mol. The Hall–Kier alpha value is -1.84. The lowest BCUT2D eigenvalue weighted by atomic mass is 10.1. The second-order valence-electron chi connectivity index (χ2n) is 5.90. The number of imidazole rings is 1. The van der Waals surface area contributed by atoms with Gasteiger partial charge in [0.2, 0.25) is 0 Å². The maximum Gasteiger partial charge on any atom is 0.0959 e. The van der Waals surface area contributed by atoms with Crippen LogP contribution in [0.25, 0.3) is 22.2 Å². The van der Waals surface area contributed by atoms with Crippen LogP contribution in [-0.2, 0) is 6.54 Å². The predicted molar refractivity (Wildman–Crippen MR) is 86.5 cm³/mol. The van der Waals surface area contributed by atoms with Crippen molar-refractivity contribution in [3.63, 3.8) is 0 Å². The first-order valence-corrected chi connectivity index (χ1v) is 7.23. The lowest BCUT2D eigenvalue weighted by Gasteiger charge is -2.18. The molecule has 2 aromatic carbocycles. The molecule has 3 aromatic rings. The summed E-state index contributed by atoms with van der Waals surface area (Å²) in [7, 11) is 0. The van der Waals surface area contributed by atoms with Gasteiger partial charge in [-0.2, -0.15) is 0 Å². The van der Waals surface area contributed by atoms with Crippen molar-refractivity contribution in [2.24, 2.45) is 0 Å². The van der Waals surface area contributed by atoms with Gasteiger partial charge < -0.3 is 9.67 Å². The zero-order valence-corrected chi connectivity index (χ0v) is 12.8. The van der Waals surface area contributed by atoms with Crippen molar-refractivity contribution in [2.75, 3.05) is 0 Å². The van der Waals surface area contributed by atoms with Gasteiger partial charge in [-0.25, -0.2) is 4.98 Å². The minimum absolute atomic E-state index is 0.514. The molecule has 0 spiro atoms. The number of aromatic nitrogens is 2. The van der Waals surface area contributed by atoms with Gasteiger partial charge in [0, 0.05) is 5.02 Å². The second kappa shape index (κ2) is 5.17. The third kappa shape index (κ3) is 3.09. The average Bonchev–Trinajstić information content (AvgIpc) is 2.79. The van der Waals surface area contributed by atoms with Crippen LogP contribution in [-0.4, -0.2) is 20.3 Å². The molecule has 0 aliphatic carbocycles. The van der Waals surface area contributed by atoms with E-state index in [0.29, 0.717) is 6.54 Å². The van der Waals surface area contributed by atoms with Crippen LogP contribution in [0.2, 0.25) is 5.02 Å². The van der Waals surface area contributed by atoms with Crippen molar-refractivity contribution >= 4 is 22.6 Å². The summed E-state index contributed by atoms with van der Waals surface area (Å²) in [5.41, 5.74) is 3.32. The molecule has 1 N–H and O–H groups in total. The van der Waals surface area contributed by atoms with Crippen molar-refractivity contribution in [2.45, 2.75) is 26.0 Å². The van der Waals surface area contributed by atoms with E-state index in [-0.39, 0.29) is 0 Å². The van der Waals surface area contributed by atoms with Gasteiger partial charge in [0.1, 0.15) is 0 Å². The Balaban J connectivity index is 2.02. The highest BCUT2D eigenvalue weighted by Gasteiger charge is 2.15. The predicted octanol–water partition coefficient (Wildman–Crippen LogP) is 4.13. The number of nitrogens with zero attached hydrogens (tertiary/aromatic N) is 2. The summed E-state index contributed by atoms with van der Waals surface area (Å²) in [6.07, 6.45) is 1.77. The van der Waals surface area contributed by atoms with E-state index in [9.17, 15) is 5.11 Å². The van der Waals surface area contributed by atoms with Gasteiger partial charge in [0.05, 0.1) is 29.5 Å². The first-order chi connectivity index (χ1) is 9.92. The zero-order chi connectivity index (χ0) is 15.0. The lowest BCUT2D eigenvalue weighted by Crippen LogP contribution is -2.25. The standard InChI is InChI=1S/C17H17ClN2O/c1-17(2,21)10-20-11-19-15-9-13(6-7-16(15)20)12-4-3-5-14(18)8-12/h3-9,11,21H,10H2,1-2H3. The van der Waals surface area contributed by atoms with E-state index in [4.69, 9.17) is 11.6 Å². The number of benzene rings is 2. The number of fused-ring (bicyclic) bond motifs is 1. The Morgan fingerprint density at radius 3 is 2.62 bits per heavy atom. The van der Waals surface area contributed by atoms with Gasteiger partial charge in [-0.1, -0.05) is 29.8 Å². The normalized spacial score (nSPS) is 12.0. The summed E-state index contributed by atoms with van der Waals surface area (Å²) < 4.78 is 1.97. The summed E-state index contributed by atoms with van der Waals surface area (Å²) in [6.45, 7) is 4.10. The largest absolute Gasteiger partial charge is 0.389 e. The van der Waals surface area contributed by atoms with Crippen LogP contribution in [0.15, 0.2) is 48.8 Å². The van der Waals surface area contributed by atoms with Gasteiger partial charge in [0.15, 0.2) is 0 Å². The van der Waals surface area contributed by atoms with E-state index in [1.807, 2.05) is 41.0 Å². The Morgan fingerprint density at radius 1 is 1.14 bits per heavy atom. The van der Waals surface area contributed by atoms with Gasteiger partial charge in [0.25, 0.3) is 0 Å². The Labute approximate surface area is 128 Å². The quantitative estimate of drug-likeness (QED) is 0.790. The summed E-state index contributed by atoms with van der Waals surface area (Å²) >= 11 is 6.04. The summed E-state index contributed by atoms with van der Waals surface area (Å²) in [5.74, 6) is 0. The van der Waals surface area contributed by atoms with Gasteiger partial charge in [-0.15, -0.1) is 0 Å². The summed E-state index contributed by atoms with van der Waals surface area (Å²) in [4.78, 5) is 4.43. The molecule has 0 atom stereocenters. The molecule has 1 aromatic heterocycles. The molecule has 0 bridgehead atoms. The third-order valence-electron chi connectivity index (χ3n) is 3.34. The van der Waals surface area contributed by atoms with E-state index >= 15 is 0 Å². The third-order valence-corrected chi connectivity index (χ3v) is 3.57. The molecular weight excluding hydrogens is 284 g/mol. The molecule has 0 aliphatic heterocycles. The maximum atomic E-state index is 9.95. The molecule has 0 saturated carbocycles. The molecule has 0 saturated heterocycles. The lowest BCUT2D eigenvalue weighted by molar-refractivity contribution is 0.0627. The molecule has 4 heteroatoms. The van der Waals surface area contributed by atoms with Crippen molar-refractivity contribution in [1.82, 2.24) is 9.55 Å². The minimum Gasteiger partial charge on any atom is -0.389 e. The van der Waals surface area contributed by atoms with Crippen LogP contribution in [0.4, 0.5) is 0 Å². The maximum absolute atomic E-state index is 9.95. The topological polar surface area (TPSA) is 38.0 Å². The van der Waals surface area contributed by atoms with E-state index in [1.54, 1.807) is 20.2 Å². The van der Waals surface area contributed by atoms with E-state index < -0.39 is 5.60 Å². The number of halogens is 1. The van der Waals surface area contributed by atoms with Gasteiger partial charge in [-0.3, -0.25) is 0 Å². The van der Waals surface area contributed by atoms with Crippen LogP contribution in [0.5, 0.6) is 0 Å². The summed E-state index contributed by atoms with van der Waals surface area (Å²) in [6, 6.07) is 13.9. The van der Waals surface area contributed by atoms with Crippen LogP contribution in [0, 0.1) is 0 Å². The molecule has 1 heterocycles. The molecule has 0 radical (unpaired) electrons. The van der Waals surface area contributed by atoms with Gasteiger partial charge in [-0.05, 0) is 49.2 Å².